The summed E-state index contributed by atoms with van der Waals surface area (Å²) in [4.78, 5) is 8.43. The number of hydrogen-bond donors (Lipinski definition) is 1. The van der Waals surface area contributed by atoms with Gasteiger partial charge in [0.05, 0.1) is 12.8 Å². The number of hydrogen-bond acceptors (Lipinski definition) is 6. The first kappa shape index (κ1) is 12.5. The third-order valence-corrected chi connectivity index (χ3v) is 2.38. The van der Waals surface area contributed by atoms with E-state index in [4.69, 9.17) is 9.26 Å². The first-order valence-electron chi connectivity index (χ1n) is 5.78. The Bertz CT molecular complexity index is 498. The Morgan fingerprint density at radius 2 is 2.22 bits per heavy atom. The quantitative estimate of drug-likeness (QED) is 0.772. The van der Waals surface area contributed by atoms with Crippen LogP contribution in [0.15, 0.2) is 22.7 Å². The van der Waals surface area contributed by atoms with Gasteiger partial charge in [0.2, 0.25) is 11.8 Å². The van der Waals surface area contributed by atoms with Crippen LogP contribution < -0.4 is 10.1 Å². The molecule has 6 nitrogen and oxygen atoms in total. The molecule has 18 heavy (non-hydrogen) atoms. The lowest BCUT2D eigenvalue weighted by Crippen LogP contribution is -2.17. The summed E-state index contributed by atoms with van der Waals surface area (Å²) in [5, 5.41) is 7.00. The van der Waals surface area contributed by atoms with Crippen molar-refractivity contribution >= 4 is 0 Å². The second kappa shape index (κ2) is 6.11. The van der Waals surface area contributed by atoms with Crippen molar-refractivity contribution in [3.8, 4) is 5.88 Å². The Balaban J connectivity index is 1.74. The summed E-state index contributed by atoms with van der Waals surface area (Å²) in [7, 11) is 1.61. The fourth-order valence-corrected chi connectivity index (χ4v) is 1.52. The molecule has 6 heteroatoms. The number of aryl methyl sites for hydroxylation is 1. The molecule has 2 aromatic rings. The topological polar surface area (TPSA) is 73.1 Å². The summed E-state index contributed by atoms with van der Waals surface area (Å²) in [5.41, 5.74) is 0.941. The summed E-state index contributed by atoms with van der Waals surface area (Å²) in [6.45, 7) is 3.26. The van der Waals surface area contributed by atoms with Gasteiger partial charge in [-0.15, -0.1) is 0 Å². The van der Waals surface area contributed by atoms with Gasteiger partial charge in [-0.3, -0.25) is 0 Å². The van der Waals surface area contributed by atoms with E-state index in [2.05, 4.69) is 20.4 Å². The molecule has 2 heterocycles. The fraction of sp³-hybridized carbons (Fsp3) is 0.417. The standard InChI is InChI=1S/C12H16N4O2/c1-9-14-12(18-16-9)6-7-13-8-10-4-3-5-11(15-10)17-2/h3-5,13H,6-8H2,1-2H3. The predicted molar refractivity (Wildman–Crippen MR) is 65.2 cm³/mol. The van der Waals surface area contributed by atoms with Gasteiger partial charge in [-0.1, -0.05) is 11.2 Å². The Morgan fingerprint density at radius 3 is 2.94 bits per heavy atom. The highest BCUT2D eigenvalue weighted by atomic mass is 16.5. The van der Waals surface area contributed by atoms with Crippen LogP contribution in [0.2, 0.25) is 0 Å². The Morgan fingerprint density at radius 1 is 1.33 bits per heavy atom. The molecule has 1 N–H and O–H groups in total. The van der Waals surface area contributed by atoms with Crippen LogP contribution in [0, 0.1) is 6.92 Å². The average molecular weight is 248 g/mol. The minimum atomic E-state index is 0.627. The molecule has 2 rings (SSSR count). The molecule has 0 saturated heterocycles. The Kier molecular flexibility index (Phi) is 4.25. The van der Waals surface area contributed by atoms with E-state index in [1.807, 2.05) is 18.2 Å². The molecule has 0 aliphatic heterocycles. The molecule has 0 bridgehead atoms. The van der Waals surface area contributed by atoms with Crippen molar-refractivity contribution in [3.63, 3.8) is 0 Å². The summed E-state index contributed by atoms with van der Waals surface area (Å²) in [6.07, 6.45) is 0.713. The zero-order chi connectivity index (χ0) is 12.8. The van der Waals surface area contributed by atoms with Crippen LogP contribution in [0.25, 0.3) is 0 Å². The van der Waals surface area contributed by atoms with E-state index in [0.717, 1.165) is 12.2 Å². The van der Waals surface area contributed by atoms with Gasteiger partial charge >= 0.3 is 0 Å². The van der Waals surface area contributed by atoms with Gasteiger partial charge in [-0.05, 0) is 13.0 Å². The van der Waals surface area contributed by atoms with E-state index in [1.54, 1.807) is 14.0 Å². The Labute approximate surface area is 105 Å². The monoisotopic (exact) mass is 248 g/mol. The second-order valence-electron chi connectivity index (χ2n) is 3.83. The van der Waals surface area contributed by atoms with Crippen LogP contribution in [0.1, 0.15) is 17.4 Å². The highest BCUT2D eigenvalue weighted by Crippen LogP contribution is 2.06. The van der Waals surface area contributed by atoms with E-state index in [1.165, 1.54) is 0 Å². The SMILES string of the molecule is COc1cccc(CNCCc2nc(C)no2)n1. The minimum Gasteiger partial charge on any atom is -0.481 e. The van der Waals surface area contributed by atoms with Gasteiger partial charge in [0.1, 0.15) is 0 Å². The van der Waals surface area contributed by atoms with E-state index in [0.29, 0.717) is 30.6 Å². The van der Waals surface area contributed by atoms with Gasteiger partial charge in [0, 0.05) is 25.6 Å². The molecule has 0 saturated carbocycles. The second-order valence-corrected chi connectivity index (χ2v) is 3.83. The smallest absolute Gasteiger partial charge is 0.227 e. The van der Waals surface area contributed by atoms with Gasteiger partial charge in [-0.25, -0.2) is 4.98 Å². The van der Waals surface area contributed by atoms with Gasteiger partial charge < -0.3 is 14.6 Å². The molecule has 0 radical (unpaired) electrons. The van der Waals surface area contributed by atoms with Gasteiger partial charge in [0.15, 0.2) is 5.82 Å². The van der Waals surface area contributed by atoms with Crippen LogP contribution in [-0.4, -0.2) is 28.8 Å². The summed E-state index contributed by atoms with van der Waals surface area (Å²) in [5.74, 6) is 1.94. The maximum atomic E-state index is 5.06. The molecule has 0 aliphatic carbocycles. The lowest BCUT2D eigenvalue weighted by atomic mass is 10.3. The van der Waals surface area contributed by atoms with Crippen LogP contribution in [-0.2, 0) is 13.0 Å². The van der Waals surface area contributed by atoms with Crippen molar-refractivity contribution in [2.75, 3.05) is 13.7 Å². The highest BCUT2D eigenvalue weighted by Gasteiger charge is 2.02. The average Bonchev–Trinajstić information content (AvgIpc) is 2.81. The highest BCUT2D eigenvalue weighted by molar-refractivity contribution is 5.15. The van der Waals surface area contributed by atoms with E-state index in [-0.39, 0.29) is 0 Å². The van der Waals surface area contributed by atoms with Crippen molar-refractivity contribution in [3.05, 3.63) is 35.6 Å². The lowest BCUT2D eigenvalue weighted by molar-refractivity contribution is 0.372. The third kappa shape index (κ3) is 3.53. The number of methoxy groups -OCH3 is 1. The number of aromatic nitrogens is 3. The first-order valence-corrected chi connectivity index (χ1v) is 5.78. The van der Waals surface area contributed by atoms with Gasteiger partial charge in [-0.2, -0.15) is 4.98 Å². The molecule has 96 valence electrons. The number of nitrogens with one attached hydrogen (secondary N) is 1. The van der Waals surface area contributed by atoms with Crippen molar-refractivity contribution in [2.45, 2.75) is 19.9 Å². The molecule has 0 unspecified atom stereocenters. The molecular formula is C12H16N4O2. The molecule has 2 aromatic heterocycles. The molecule has 0 spiro atoms. The molecular weight excluding hydrogens is 232 g/mol. The number of pyridine rings is 1. The van der Waals surface area contributed by atoms with Crippen molar-refractivity contribution in [1.29, 1.82) is 0 Å². The maximum Gasteiger partial charge on any atom is 0.227 e. The summed E-state index contributed by atoms with van der Waals surface area (Å²) < 4.78 is 10.1. The Hall–Kier alpha value is -1.95. The molecule has 0 aromatic carbocycles. The normalized spacial score (nSPS) is 10.6. The first-order chi connectivity index (χ1) is 8.78. The molecule has 0 fully saturated rings. The molecule has 0 amide bonds. The zero-order valence-corrected chi connectivity index (χ0v) is 10.5. The van der Waals surface area contributed by atoms with E-state index >= 15 is 0 Å². The van der Waals surface area contributed by atoms with Crippen LogP contribution >= 0.6 is 0 Å². The number of rotatable bonds is 6. The zero-order valence-electron chi connectivity index (χ0n) is 10.5. The largest absolute Gasteiger partial charge is 0.481 e. The molecule has 0 aliphatic rings. The van der Waals surface area contributed by atoms with Crippen molar-refractivity contribution in [2.24, 2.45) is 0 Å². The number of ether oxygens (including phenoxy) is 1. The van der Waals surface area contributed by atoms with Crippen molar-refractivity contribution < 1.29 is 9.26 Å². The van der Waals surface area contributed by atoms with Gasteiger partial charge in [0.25, 0.3) is 0 Å². The van der Waals surface area contributed by atoms with E-state index < -0.39 is 0 Å². The summed E-state index contributed by atoms with van der Waals surface area (Å²) in [6, 6.07) is 5.70. The van der Waals surface area contributed by atoms with E-state index in [9.17, 15) is 0 Å². The minimum absolute atomic E-state index is 0.627. The van der Waals surface area contributed by atoms with Crippen molar-refractivity contribution in [1.82, 2.24) is 20.4 Å². The molecule has 0 atom stereocenters. The van der Waals surface area contributed by atoms with Crippen LogP contribution in [0.3, 0.4) is 0 Å². The predicted octanol–water partition coefficient (Wildman–Crippen LogP) is 1.11. The van der Waals surface area contributed by atoms with Crippen LogP contribution in [0.5, 0.6) is 5.88 Å². The number of nitrogens with zero attached hydrogens (tertiary/aromatic N) is 3. The maximum absolute atomic E-state index is 5.06. The third-order valence-electron chi connectivity index (χ3n) is 2.38. The summed E-state index contributed by atoms with van der Waals surface area (Å²) >= 11 is 0. The fourth-order valence-electron chi connectivity index (χ4n) is 1.52. The van der Waals surface area contributed by atoms with Crippen LogP contribution in [0.4, 0.5) is 0 Å². The lowest BCUT2D eigenvalue weighted by Gasteiger charge is -2.04.